The fourth-order valence-corrected chi connectivity index (χ4v) is 2.38. The number of ether oxygens (including phenoxy) is 1. The fourth-order valence-electron chi connectivity index (χ4n) is 2.38. The summed E-state index contributed by atoms with van der Waals surface area (Å²) in [6, 6.07) is -0.663. The molecule has 0 spiro atoms. The molecule has 0 saturated carbocycles. The van der Waals surface area contributed by atoms with Crippen LogP contribution in [0.1, 0.15) is 33.6 Å². The highest BCUT2D eigenvalue weighted by Gasteiger charge is 2.38. The maximum Gasteiger partial charge on any atom is 0.410 e. The van der Waals surface area contributed by atoms with Crippen molar-refractivity contribution >= 4 is 11.9 Å². The number of nitrogens with zero attached hydrogens (tertiary/aromatic N) is 1. The fraction of sp³-hybridized carbons (Fsp3) is 0.857. The van der Waals surface area contributed by atoms with Crippen molar-refractivity contribution in [1.29, 1.82) is 0 Å². The number of ketones is 1. The van der Waals surface area contributed by atoms with Crippen LogP contribution in [-0.4, -0.2) is 61.6 Å². The summed E-state index contributed by atoms with van der Waals surface area (Å²) in [6.45, 7) is 6.62. The number of likely N-dealkylation sites (tertiary alicyclic amines) is 1. The number of carbonyl (C=O) groups excluding carboxylic acids is 2. The molecule has 1 aliphatic rings. The predicted octanol–water partition coefficient (Wildman–Crippen LogP) is 0.762. The largest absolute Gasteiger partial charge is 0.444 e. The molecule has 1 unspecified atom stereocenters. The molecule has 1 rings (SSSR count). The van der Waals surface area contributed by atoms with Gasteiger partial charge in [0.1, 0.15) is 5.60 Å². The van der Waals surface area contributed by atoms with E-state index in [1.165, 1.54) is 0 Å². The van der Waals surface area contributed by atoms with Crippen LogP contribution in [0.25, 0.3) is 0 Å². The number of nitrogens with one attached hydrogen (secondary N) is 2. The van der Waals surface area contributed by atoms with Crippen LogP contribution < -0.4 is 10.6 Å². The van der Waals surface area contributed by atoms with E-state index in [4.69, 9.17) is 4.74 Å². The van der Waals surface area contributed by atoms with Crippen LogP contribution in [0.4, 0.5) is 4.79 Å². The summed E-state index contributed by atoms with van der Waals surface area (Å²) in [5, 5.41) is 5.98. The Morgan fingerprint density at radius 3 is 2.50 bits per heavy atom. The molecule has 0 aromatic rings. The van der Waals surface area contributed by atoms with Gasteiger partial charge < -0.3 is 15.4 Å². The van der Waals surface area contributed by atoms with Crippen molar-refractivity contribution < 1.29 is 14.3 Å². The molecule has 1 fully saturated rings. The molecule has 6 heteroatoms. The van der Waals surface area contributed by atoms with E-state index in [-0.39, 0.29) is 17.9 Å². The van der Waals surface area contributed by atoms with Crippen molar-refractivity contribution in [3.63, 3.8) is 0 Å². The second-order valence-electron chi connectivity index (χ2n) is 6.13. The average molecular weight is 285 g/mol. The molecule has 2 N–H and O–H groups in total. The Hall–Kier alpha value is -1.14. The van der Waals surface area contributed by atoms with Gasteiger partial charge in [-0.25, -0.2) is 4.79 Å². The summed E-state index contributed by atoms with van der Waals surface area (Å²) in [5.41, 5.74) is -0.541. The van der Waals surface area contributed by atoms with Crippen LogP contribution in [0.2, 0.25) is 0 Å². The first-order chi connectivity index (χ1) is 9.30. The number of hydrogen-bond donors (Lipinski definition) is 2. The Labute approximate surface area is 121 Å². The van der Waals surface area contributed by atoms with Crippen LogP contribution in [0, 0.1) is 0 Å². The SMILES string of the molecule is CNCC(NC)C(=O)[C@H]1CCCN1C(=O)OC(C)(C)C. The lowest BCUT2D eigenvalue weighted by Gasteiger charge is -2.29. The standard InChI is InChI=1S/C14H27N3O3/c1-14(2,3)20-13(19)17-8-6-7-11(17)12(18)10(16-5)9-15-4/h10-11,15-16H,6-9H2,1-5H3/t10?,11-/m1/s1. The summed E-state index contributed by atoms with van der Waals surface area (Å²) in [4.78, 5) is 26.2. The highest BCUT2D eigenvalue weighted by molar-refractivity contribution is 5.92. The topological polar surface area (TPSA) is 70.7 Å². The third-order valence-electron chi connectivity index (χ3n) is 3.31. The normalized spacial score (nSPS) is 20.9. The summed E-state index contributed by atoms with van der Waals surface area (Å²) >= 11 is 0. The summed E-state index contributed by atoms with van der Waals surface area (Å²) < 4.78 is 5.37. The van der Waals surface area contributed by atoms with Crippen molar-refractivity contribution in [1.82, 2.24) is 15.5 Å². The molecule has 1 amide bonds. The molecule has 0 aromatic heterocycles. The summed E-state index contributed by atoms with van der Waals surface area (Å²) in [7, 11) is 3.56. The summed E-state index contributed by atoms with van der Waals surface area (Å²) in [5.74, 6) is 0.0465. The van der Waals surface area contributed by atoms with Crippen LogP contribution in [0.3, 0.4) is 0 Å². The number of rotatable bonds is 5. The van der Waals surface area contributed by atoms with Gasteiger partial charge >= 0.3 is 6.09 Å². The van der Waals surface area contributed by atoms with E-state index >= 15 is 0 Å². The summed E-state index contributed by atoms with van der Waals surface area (Å²) in [6.07, 6.45) is 1.15. The van der Waals surface area contributed by atoms with Crippen molar-refractivity contribution in [3.8, 4) is 0 Å². The molecule has 1 heterocycles. The first kappa shape index (κ1) is 16.9. The van der Waals surface area contributed by atoms with Gasteiger partial charge in [0.25, 0.3) is 0 Å². The Bertz CT molecular complexity index is 352. The molecule has 2 atom stereocenters. The average Bonchev–Trinajstić information content (AvgIpc) is 2.82. The second-order valence-corrected chi connectivity index (χ2v) is 6.13. The number of hydrogen-bond acceptors (Lipinski definition) is 5. The Balaban J connectivity index is 2.73. The third-order valence-corrected chi connectivity index (χ3v) is 3.31. The van der Waals surface area contributed by atoms with E-state index in [2.05, 4.69) is 10.6 Å². The van der Waals surface area contributed by atoms with Gasteiger partial charge in [0.15, 0.2) is 5.78 Å². The zero-order valence-corrected chi connectivity index (χ0v) is 13.2. The number of amides is 1. The minimum atomic E-state index is -0.541. The van der Waals surface area contributed by atoms with E-state index < -0.39 is 11.7 Å². The lowest BCUT2D eigenvalue weighted by Crippen LogP contribution is -2.52. The predicted molar refractivity (Wildman–Crippen MR) is 77.7 cm³/mol. The molecule has 0 bridgehead atoms. The highest BCUT2D eigenvalue weighted by Crippen LogP contribution is 2.22. The van der Waals surface area contributed by atoms with Gasteiger partial charge in [-0.2, -0.15) is 0 Å². The van der Waals surface area contributed by atoms with Gasteiger partial charge in [-0.05, 0) is 47.7 Å². The molecule has 1 saturated heterocycles. The molecular weight excluding hydrogens is 258 g/mol. The zero-order valence-electron chi connectivity index (χ0n) is 13.2. The molecule has 0 aliphatic carbocycles. The molecule has 1 aliphatic heterocycles. The molecule has 20 heavy (non-hydrogen) atoms. The van der Waals surface area contributed by atoms with E-state index in [0.29, 0.717) is 19.5 Å². The van der Waals surface area contributed by atoms with Crippen LogP contribution >= 0.6 is 0 Å². The number of carbonyl (C=O) groups is 2. The van der Waals surface area contributed by atoms with E-state index in [9.17, 15) is 9.59 Å². The third kappa shape index (κ3) is 4.45. The molecule has 116 valence electrons. The van der Waals surface area contributed by atoms with Gasteiger partial charge in [0.2, 0.25) is 0 Å². The van der Waals surface area contributed by atoms with Gasteiger partial charge in [0, 0.05) is 13.1 Å². The van der Waals surface area contributed by atoms with E-state index in [0.717, 1.165) is 6.42 Å². The maximum atomic E-state index is 12.5. The van der Waals surface area contributed by atoms with Crippen LogP contribution in [0.15, 0.2) is 0 Å². The van der Waals surface area contributed by atoms with E-state index in [1.807, 2.05) is 20.8 Å². The second kappa shape index (κ2) is 7.04. The van der Waals surface area contributed by atoms with Crippen LogP contribution in [0.5, 0.6) is 0 Å². The monoisotopic (exact) mass is 285 g/mol. The van der Waals surface area contributed by atoms with Crippen molar-refractivity contribution in [2.45, 2.75) is 51.3 Å². The Morgan fingerprint density at radius 1 is 1.35 bits per heavy atom. The smallest absolute Gasteiger partial charge is 0.410 e. The molecule has 6 nitrogen and oxygen atoms in total. The minimum Gasteiger partial charge on any atom is -0.444 e. The number of likely N-dealkylation sites (N-methyl/N-ethyl adjacent to an activating group) is 2. The van der Waals surface area contributed by atoms with Crippen molar-refractivity contribution in [3.05, 3.63) is 0 Å². The Kier molecular flexibility index (Phi) is 5.95. The van der Waals surface area contributed by atoms with Gasteiger partial charge in [-0.1, -0.05) is 0 Å². The van der Waals surface area contributed by atoms with Crippen LogP contribution in [-0.2, 0) is 9.53 Å². The molecular formula is C14H27N3O3. The quantitative estimate of drug-likeness (QED) is 0.780. The van der Waals surface area contributed by atoms with Gasteiger partial charge in [-0.3, -0.25) is 9.69 Å². The van der Waals surface area contributed by atoms with Gasteiger partial charge in [-0.15, -0.1) is 0 Å². The van der Waals surface area contributed by atoms with E-state index in [1.54, 1.807) is 19.0 Å². The highest BCUT2D eigenvalue weighted by atomic mass is 16.6. The van der Waals surface area contributed by atoms with Crippen molar-refractivity contribution in [2.24, 2.45) is 0 Å². The van der Waals surface area contributed by atoms with Crippen molar-refractivity contribution in [2.75, 3.05) is 27.2 Å². The first-order valence-electron chi connectivity index (χ1n) is 7.15. The maximum absolute atomic E-state index is 12.5. The lowest BCUT2D eigenvalue weighted by atomic mass is 10.0. The first-order valence-corrected chi connectivity index (χ1v) is 7.15. The Morgan fingerprint density at radius 2 is 2.00 bits per heavy atom. The zero-order chi connectivity index (χ0) is 15.3. The lowest BCUT2D eigenvalue weighted by molar-refractivity contribution is -0.125. The minimum absolute atomic E-state index is 0.0465. The molecule has 0 radical (unpaired) electrons. The molecule has 0 aromatic carbocycles. The van der Waals surface area contributed by atoms with Gasteiger partial charge in [0.05, 0.1) is 12.1 Å². The number of Topliss-reactive ketones (excluding diaryl/α,β-unsaturated/α-hetero) is 1.